The molecule has 0 radical (unpaired) electrons. The second kappa shape index (κ2) is 5.67. The van der Waals surface area contributed by atoms with E-state index in [1.165, 1.54) is 32.1 Å². The highest BCUT2D eigenvalue weighted by Gasteiger charge is 2.27. The fourth-order valence-corrected chi connectivity index (χ4v) is 2.94. The molecular formula is C13H22O3. The van der Waals surface area contributed by atoms with E-state index >= 15 is 0 Å². The van der Waals surface area contributed by atoms with Crippen LogP contribution in [-0.2, 0) is 9.53 Å². The first-order valence-corrected chi connectivity index (χ1v) is 6.61. The number of hydrogen-bond donors (Lipinski definition) is 1. The van der Waals surface area contributed by atoms with Gasteiger partial charge in [-0.05, 0) is 18.8 Å². The van der Waals surface area contributed by atoms with Crippen LogP contribution in [-0.4, -0.2) is 23.3 Å². The SMILES string of the molecule is O=C1C[C@H](O)C[C@@H](CCC2CCCCC2)O1. The lowest BCUT2D eigenvalue weighted by Crippen LogP contribution is -2.32. The van der Waals surface area contributed by atoms with Gasteiger partial charge >= 0.3 is 5.97 Å². The topological polar surface area (TPSA) is 46.5 Å². The van der Waals surface area contributed by atoms with Gasteiger partial charge in [0.15, 0.2) is 0 Å². The van der Waals surface area contributed by atoms with E-state index in [2.05, 4.69) is 0 Å². The Bertz CT molecular complexity index is 233. The van der Waals surface area contributed by atoms with E-state index in [4.69, 9.17) is 4.74 Å². The molecule has 1 N–H and O–H groups in total. The summed E-state index contributed by atoms with van der Waals surface area (Å²) in [5.41, 5.74) is 0. The van der Waals surface area contributed by atoms with Crippen molar-refractivity contribution < 1.29 is 14.6 Å². The molecule has 2 rings (SSSR count). The van der Waals surface area contributed by atoms with Crippen molar-refractivity contribution >= 4 is 5.97 Å². The van der Waals surface area contributed by atoms with Crippen LogP contribution in [0.1, 0.15) is 57.8 Å². The smallest absolute Gasteiger partial charge is 0.308 e. The summed E-state index contributed by atoms with van der Waals surface area (Å²) in [7, 11) is 0. The average Bonchev–Trinajstić information content (AvgIpc) is 2.27. The lowest BCUT2D eigenvalue weighted by Gasteiger charge is -2.28. The number of aliphatic hydroxyl groups excluding tert-OH is 1. The molecule has 0 unspecified atom stereocenters. The van der Waals surface area contributed by atoms with Gasteiger partial charge in [0.25, 0.3) is 0 Å². The van der Waals surface area contributed by atoms with Crippen LogP contribution < -0.4 is 0 Å². The first-order valence-electron chi connectivity index (χ1n) is 6.61. The maximum atomic E-state index is 11.2. The Kier molecular flexibility index (Phi) is 4.22. The Labute approximate surface area is 97.2 Å². The van der Waals surface area contributed by atoms with E-state index in [-0.39, 0.29) is 18.5 Å². The highest BCUT2D eigenvalue weighted by atomic mass is 16.5. The van der Waals surface area contributed by atoms with Crippen molar-refractivity contribution in [1.82, 2.24) is 0 Å². The predicted octanol–water partition coefficient (Wildman–Crippen LogP) is 2.41. The largest absolute Gasteiger partial charge is 0.462 e. The van der Waals surface area contributed by atoms with Crippen molar-refractivity contribution in [2.45, 2.75) is 70.0 Å². The molecule has 92 valence electrons. The first-order chi connectivity index (χ1) is 7.74. The third-order valence-corrected chi connectivity index (χ3v) is 3.86. The summed E-state index contributed by atoms with van der Waals surface area (Å²) in [4.78, 5) is 11.2. The molecule has 1 aliphatic carbocycles. The van der Waals surface area contributed by atoms with Crippen LogP contribution in [0.25, 0.3) is 0 Å². The van der Waals surface area contributed by atoms with E-state index < -0.39 is 6.10 Å². The molecule has 0 aromatic heterocycles. The number of carbonyl (C=O) groups is 1. The standard InChI is InChI=1S/C13H22O3/c14-11-8-12(16-13(15)9-11)7-6-10-4-2-1-3-5-10/h10-12,14H,1-9H2/t11-,12-/m1/s1. The van der Waals surface area contributed by atoms with Crippen molar-refractivity contribution in [3.8, 4) is 0 Å². The van der Waals surface area contributed by atoms with Crippen LogP contribution in [0, 0.1) is 5.92 Å². The molecule has 1 aliphatic heterocycles. The Morgan fingerprint density at radius 3 is 2.62 bits per heavy atom. The Morgan fingerprint density at radius 1 is 1.19 bits per heavy atom. The monoisotopic (exact) mass is 226 g/mol. The summed E-state index contributed by atoms with van der Waals surface area (Å²) in [6.07, 6.45) is 9.18. The van der Waals surface area contributed by atoms with Gasteiger partial charge in [-0.1, -0.05) is 32.1 Å². The second-order valence-electron chi connectivity index (χ2n) is 5.29. The average molecular weight is 226 g/mol. The zero-order chi connectivity index (χ0) is 11.4. The normalized spacial score (nSPS) is 32.4. The van der Waals surface area contributed by atoms with Crippen molar-refractivity contribution in [1.29, 1.82) is 0 Å². The molecule has 0 aromatic carbocycles. The van der Waals surface area contributed by atoms with Crippen molar-refractivity contribution in [3.63, 3.8) is 0 Å². The third-order valence-electron chi connectivity index (χ3n) is 3.86. The fourth-order valence-electron chi connectivity index (χ4n) is 2.94. The maximum Gasteiger partial charge on any atom is 0.308 e. The molecule has 1 saturated heterocycles. The number of rotatable bonds is 3. The van der Waals surface area contributed by atoms with Gasteiger partial charge in [-0.3, -0.25) is 4.79 Å². The molecule has 2 aliphatic rings. The number of carbonyl (C=O) groups excluding carboxylic acids is 1. The highest BCUT2D eigenvalue weighted by molar-refractivity contribution is 5.70. The minimum absolute atomic E-state index is 0.0295. The lowest BCUT2D eigenvalue weighted by molar-refractivity contribution is -0.160. The van der Waals surface area contributed by atoms with Gasteiger partial charge in [-0.2, -0.15) is 0 Å². The molecule has 3 heteroatoms. The van der Waals surface area contributed by atoms with Gasteiger partial charge in [-0.15, -0.1) is 0 Å². The predicted molar refractivity (Wildman–Crippen MR) is 60.9 cm³/mol. The zero-order valence-electron chi connectivity index (χ0n) is 9.86. The lowest BCUT2D eigenvalue weighted by atomic mass is 9.85. The van der Waals surface area contributed by atoms with Crippen LogP contribution in [0.15, 0.2) is 0 Å². The second-order valence-corrected chi connectivity index (χ2v) is 5.29. The minimum atomic E-state index is -0.474. The van der Waals surface area contributed by atoms with E-state index in [1.807, 2.05) is 0 Å². The quantitative estimate of drug-likeness (QED) is 0.752. The molecule has 0 amide bonds. The Morgan fingerprint density at radius 2 is 1.94 bits per heavy atom. The summed E-state index contributed by atoms with van der Waals surface area (Å²) >= 11 is 0. The van der Waals surface area contributed by atoms with Crippen LogP contribution in [0.4, 0.5) is 0 Å². The molecule has 0 bridgehead atoms. The Hall–Kier alpha value is -0.570. The number of aliphatic hydroxyl groups is 1. The minimum Gasteiger partial charge on any atom is -0.462 e. The molecule has 16 heavy (non-hydrogen) atoms. The van der Waals surface area contributed by atoms with E-state index in [0.29, 0.717) is 6.42 Å². The van der Waals surface area contributed by atoms with Gasteiger partial charge in [-0.25, -0.2) is 0 Å². The number of esters is 1. The molecule has 3 nitrogen and oxygen atoms in total. The molecule has 1 saturated carbocycles. The molecule has 0 spiro atoms. The maximum absolute atomic E-state index is 11.2. The van der Waals surface area contributed by atoms with Crippen LogP contribution in [0.5, 0.6) is 0 Å². The van der Waals surface area contributed by atoms with Crippen molar-refractivity contribution in [3.05, 3.63) is 0 Å². The highest BCUT2D eigenvalue weighted by Crippen LogP contribution is 2.29. The zero-order valence-corrected chi connectivity index (χ0v) is 9.86. The van der Waals surface area contributed by atoms with E-state index in [0.717, 1.165) is 18.8 Å². The molecule has 2 fully saturated rings. The van der Waals surface area contributed by atoms with E-state index in [9.17, 15) is 9.90 Å². The van der Waals surface area contributed by atoms with Gasteiger partial charge in [0.05, 0.1) is 12.5 Å². The van der Waals surface area contributed by atoms with Crippen LogP contribution in [0.2, 0.25) is 0 Å². The number of hydrogen-bond acceptors (Lipinski definition) is 3. The van der Waals surface area contributed by atoms with Crippen molar-refractivity contribution in [2.24, 2.45) is 5.92 Å². The van der Waals surface area contributed by atoms with Crippen LogP contribution in [0.3, 0.4) is 0 Å². The molecule has 2 atom stereocenters. The molecule has 0 aromatic rings. The summed E-state index contributed by atoms with van der Waals surface area (Å²) in [5.74, 6) is 0.596. The van der Waals surface area contributed by atoms with Gasteiger partial charge < -0.3 is 9.84 Å². The molecule has 1 heterocycles. The summed E-state index contributed by atoms with van der Waals surface area (Å²) in [5, 5.41) is 9.49. The van der Waals surface area contributed by atoms with Crippen LogP contribution >= 0.6 is 0 Å². The Balaban J connectivity index is 1.70. The molecular weight excluding hydrogens is 204 g/mol. The van der Waals surface area contributed by atoms with Gasteiger partial charge in [0.1, 0.15) is 6.10 Å². The summed E-state index contributed by atoms with van der Waals surface area (Å²) in [6.45, 7) is 0. The van der Waals surface area contributed by atoms with Gasteiger partial charge in [0.2, 0.25) is 0 Å². The third kappa shape index (κ3) is 3.48. The fraction of sp³-hybridized carbons (Fsp3) is 0.923. The first kappa shape index (κ1) is 11.9. The summed E-state index contributed by atoms with van der Waals surface area (Å²) in [6, 6.07) is 0. The summed E-state index contributed by atoms with van der Waals surface area (Å²) < 4.78 is 5.25. The van der Waals surface area contributed by atoms with Crippen molar-refractivity contribution in [2.75, 3.05) is 0 Å². The number of ether oxygens (including phenoxy) is 1. The number of cyclic esters (lactones) is 1. The van der Waals surface area contributed by atoms with Gasteiger partial charge in [0, 0.05) is 6.42 Å². The van der Waals surface area contributed by atoms with E-state index in [1.54, 1.807) is 0 Å².